The summed E-state index contributed by atoms with van der Waals surface area (Å²) in [7, 11) is 0. The fourth-order valence-electron chi connectivity index (χ4n) is 1.88. The largest absolute Gasteiger partial charge is 0.478 e. The van der Waals surface area contributed by atoms with E-state index >= 15 is 0 Å². The number of carbonyl (C=O) groups excluding carboxylic acids is 1. The van der Waals surface area contributed by atoms with Crippen LogP contribution in [0.1, 0.15) is 40.7 Å². The second-order valence-electron chi connectivity index (χ2n) is 4.77. The Morgan fingerprint density at radius 2 is 2.05 bits per heavy atom. The van der Waals surface area contributed by atoms with Gasteiger partial charge in [-0.05, 0) is 26.0 Å². The van der Waals surface area contributed by atoms with E-state index < -0.39 is 5.97 Å². The number of hydrogen-bond donors (Lipinski definition) is 2. The molecule has 2 heterocycles. The minimum atomic E-state index is -1.10. The summed E-state index contributed by atoms with van der Waals surface area (Å²) < 4.78 is 1.74. The molecule has 7 heteroatoms. The van der Waals surface area contributed by atoms with Crippen molar-refractivity contribution in [2.24, 2.45) is 0 Å². The number of carboxylic acids is 1. The monoisotopic (exact) mass is 307 g/mol. The SMILES string of the molecule is CC(C)n1cc(Cl)cc1C(=O)Nc1cncc(C(=O)O)c1. The summed E-state index contributed by atoms with van der Waals surface area (Å²) in [5, 5.41) is 12.0. The number of nitrogens with zero attached hydrogens (tertiary/aromatic N) is 2. The molecule has 2 N–H and O–H groups in total. The van der Waals surface area contributed by atoms with E-state index in [-0.39, 0.29) is 17.5 Å². The van der Waals surface area contributed by atoms with Gasteiger partial charge in [-0.15, -0.1) is 0 Å². The van der Waals surface area contributed by atoms with Gasteiger partial charge in [-0.3, -0.25) is 9.78 Å². The zero-order valence-electron chi connectivity index (χ0n) is 11.5. The zero-order chi connectivity index (χ0) is 15.6. The number of rotatable bonds is 4. The van der Waals surface area contributed by atoms with Gasteiger partial charge >= 0.3 is 5.97 Å². The van der Waals surface area contributed by atoms with Crippen molar-refractivity contribution in [3.05, 3.63) is 47.0 Å². The van der Waals surface area contributed by atoms with Crippen LogP contribution in [-0.4, -0.2) is 26.5 Å². The van der Waals surface area contributed by atoms with Gasteiger partial charge in [0.2, 0.25) is 0 Å². The first-order valence-electron chi connectivity index (χ1n) is 6.25. The number of amides is 1. The molecular weight excluding hydrogens is 294 g/mol. The standard InChI is InChI=1S/C14H14ClN3O3/c1-8(2)18-7-10(15)4-12(18)13(19)17-11-3-9(14(20)21)5-16-6-11/h3-8H,1-2H3,(H,17,19)(H,20,21). The Hall–Kier alpha value is -2.34. The molecule has 6 nitrogen and oxygen atoms in total. The van der Waals surface area contributed by atoms with Gasteiger partial charge in [-0.1, -0.05) is 11.6 Å². The molecule has 0 saturated carbocycles. The highest BCUT2D eigenvalue weighted by molar-refractivity contribution is 6.31. The average Bonchev–Trinajstić information content (AvgIpc) is 2.81. The number of aromatic carboxylic acids is 1. The lowest BCUT2D eigenvalue weighted by Crippen LogP contribution is -2.18. The molecule has 2 aromatic heterocycles. The van der Waals surface area contributed by atoms with Crippen LogP contribution >= 0.6 is 11.6 Å². The van der Waals surface area contributed by atoms with Crippen LogP contribution in [0.3, 0.4) is 0 Å². The molecule has 0 saturated heterocycles. The molecule has 1 amide bonds. The third-order valence-electron chi connectivity index (χ3n) is 2.85. The van der Waals surface area contributed by atoms with Crippen LogP contribution in [0.5, 0.6) is 0 Å². The van der Waals surface area contributed by atoms with Gasteiger partial charge in [0.25, 0.3) is 5.91 Å². The molecule has 0 radical (unpaired) electrons. The molecular formula is C14H14ClN3O3. The molecule has 0 aliphatic carbocycles. The average molecular weight is 308 g/mol. The van der Waals surface area contributed by atoms with Crippen LogP contribution in [0, 0.1) is 0 Å². The molecule has 0 fully saturated rings. The van der Waals surface area contributed by atoms with E-state index in [9.17, 15) is 9.59 Å². The van der Waals surface area contributed by atoms with E-state index in [1.54, 1.807) is 16.8 Å². The quantitative estimate of drug-likeness (QED) is 0.909. The van der Waals surface area contributed by atoms with Crippen molar-refractivity contribution in [2.45, 2.75) is 19.9 Å². The molecule has 0 bridgehead atoms. The maximum atomic E-state index is 12.3. The normalized spacial score (nSPS) is 10.7. The molecule has 2 aromatic rings. The Balaban J connectivity index is 2.26. The van der Waals surface area contributed by atoms with E-state index in [2.05, 4.69) is 10.3 Å². The van der Waals surface area contributed by atoms with Crippen molar-refractivity contribution < 1.29 is 14.7 Å². The molecule has 0 atom stereocenters. The highest BCUT2D eigenvalue weighted by atomic mass is 35.5. The minimum absolute atomic E-state index is 0.00470. The Labute approximate surface area is 126 Å². The predicted molar refractivity (Wildman–Crippen MR) is 79.0 cm³/mol. The van der Waals surface area contributed by atoms with Gasteiger partial charge in [-0.25, -0.2) is 4.79 Å². The Morgan fingerprint density at radius 3 is 2.67 bits per heavy atom. The van der Waals surface area contributed by atoms with E-state index in [1.165, 1.54) is 18.5 Å². The molecule has 0 aliphatic rings. The number of hydrogen-bond acceptors (Lipinski definition) is 3. The van der Waals surface area contributed by atoms with E-state index in [1.807, 2.05) is 13.8 Å². The van der Waals surface area contributed by atoms with Gasteiger partial charge in [0.1, 0.15) is 5.69 Å². The third kappa shape index (κ3) is 3.41. The van der Waals surface area contributed by atoms with Gasteiger partial charge in [0.05, 0.1) is 22.5 Å². The Morgan fingerprint density at radius 1 is 1.33 bits per heavy atom. The zero-order valence-corrected chi connectivity index (χ0v) is 12.3. The predicted octanol–water partition coefficient (Wildman–Crippen LogP) is 3.07. The summed E-state index contributed by atoms with van der Waals surface area (Å²) in [6.07, 6.45) is 4.27. The fourth-order valence-corrected chi connectivity index (χ4v) is 2.08. The number of nitrogens with one attached hydrogen (secondary N) is 1. The van der Waals surface area contributed by atoms with Crippen LogP contribution in [-0.2, 0) is 0 Å². The van der Waals surface area contributed by atoms with Crippen molar-refractivity contribution in [1.82, 2.24) is 9.55 Å². The fraction of sp³-hybridized carbons (Fsp3) is 0.214. The van der Waals surface area contributed by atoms with Crippen LogP contribution in [0.4, 0.5) is 5.69 Å². The third-order valence-corrected chi connectivity index (χ3v) is 3.05. The topological polar surface area (TPSA) is 84.2 Å². The van der Waals surface area contributed by atoms with Crippen LogP contribution in [0.15, 0.2) is 30.7 Å². The molecule has 0 unspecified atom stereocenters. The first-order valence-corrected chi connectivity index (χ1v) is 6.63. The maximum Gasteiger partial charge on any atom is 0.337 e. The number of halogens is 1. The molecule has 0 aliphatic heterocycles. The molecule has 0 aromatic carbocycles. The number of anilines is 1. The summed E-state index contributed by atoms with van der Waals surface area (Å²) in [6.45, 7) is 3.86. The summed E-state index contributed by atoms with van der Waals surface area (Å²) in [5.41, 5.74) is 0.716. The lowest BCUT2D eigenvalue weighted by Gasteiger charge is -2.12. The second kappa shape index (κ2) is 5.97. The summed E-state index contributed by atoms with van der Waals surface area (Å²) in [6, 6.07) is 2.98. The first kappa shape index (κ1) is 15.1. The van der Waals surface area contributed by atoms with Crippen molar-refractivity contribution >= 4 is 29.2 Å². The lowest BCUT2D eigenvalue weighted by molar-refractivity contribution is 0.0696. The summed E-state index contributed by atoms with van der Waals surface area (Å²) in [4.78, 5) is 26.9. The Kier molecular flexibility index (Phi) is 4.28. The van der Waals surface area contributed by atoms with Gasteiger partial charge in [-0.2, -0.15) is 0 Å². The lowest BCUT2D eigenvalue weighted by atomic mass is 10.2. The summed E-state index contributed by atoms with van der Waals surface area (Å²) in [5.74, 6) is -1.48. The van der Waals surface area contributed by atoms with E-state index in [0.29, 0.717) is 16.4 Å². The number of carbonyl (C=O) groups is 2. The molecule has 21 heavy (non-hydrogen) atoms. The van der Waals surface area contributed by atoms with E-state index in [4.69, 9.17) is 16.7 Å². The molecule has 0 spiro atoms. The van der Waals surface area contributed by atoms with Crippen molar-refractivity contribution in [2.75, 3.05) is 5.32 Å². The van der Waals surface area contributed by atoms with Crippen molar-refractivity contribution in [3.8, 4) is 0 Å². The number of aromatic nitrogens is 2. The van der Waals surface area contributed by atoms with Gasteiger partial charge in [0, 0.05) is 18.4 Å². The number of pyridine rings is 1. The van der Waals surface area contributed by atoms with E-state index in [0.717, 1.165) is 0 Å². The second-order valence-corrected chi connectivity index (χ2v) is 5.20. The van der Waals surface area contributed by atoms with Crippen molar-refractivity contribution in [3.63, 3.8) is 0 Å². The Bertz CT molecular complexity index is 695. The summed E-state index contributed by atoms with van der Waals surface area (Å²) >= 11 is 5.93. The minimum Gasteiger partial charge on any atom is -0.478 e. The first-order chi connectivity index (χ1) is 9.88. The van der Waals surface area contributed by atoms with Crippen LogP contribution in [0.2, 0.25) is 5.02 Å². The maximum absolute atomic E-state index is 12.3. The van der Waals surface area contributed by atoms with Crippen LogP contribution in [0.25, 0.3) is 0 Å². The van der Waals surface area contributed by atoms with Crippen molar-refractivity contribution in [1.29, 1.82) is 0 Å². The van der Waals surface area contributed by atoms with Gasteiger partial charge in [0.15, 0.2) is 0 Å². The number of carboxylic acid groups (broad SMARTS) is 1. The molecule has 2 rings (SSSR count). The van der Waals surface area contributed by atoms with Gasteiger partial charge < -0.3 is 15.0 Å². The smallest absolute Gasteiger partial charge is 0.337 e. The van der Waals surface area contributed by atoms with Crippen LogP contribution < -0.4 is 5.32 Å². The highest BCUT2D eigenvalue weighted by Gasteiger charge is 2.16. The highest BCUT2D eigenvalue weighted by Crippen LogP contribution is 2.20. The molecule has 110 valence electrons.